The van der Waals surface area contributed by atoms with Gasteiger partial charge in [-0.15, -0.1) is 0 Å². The molecule has 0 amide bonds. The molecule has 1 atom stereocenters. The monoisotopic (exact) mass is 333 g/mol. The lowest BCUT2D eigenvalue weighted by atomic mass is 9.94. The van der Waals surface area contributed by atoms with E-state index in [0.29, 0.717) is 17.4 Å². The first-order valence-electron chi connectivity index (χ1n) is 7.58. The molecule has 1 unspecified atom stereocenters. The maximum Gasteiger partial charge on any atom is 0.161 e. The van der Waals surface area contributed by atoms with Crippen LogP contribution in [0.1, 0.15) is 17.2 Å². The smallest absolute Gasteiger partial charge is 0.161 e. The summed E-state index contributed by atoms with van der Waals surface area (Å²) in [5.41, 5.74) is 2.44. The van der Waals surface area contributed by atoms with Crippen LogP contribution >= 0.6 is 11.6 Å². The number of fused-ring (bicyclic) bond motifs is 1. The summed E-state index contributed by atoms with van der Waals surface area (Å²) >= 11 is 6.15. The van der Waals surface area contributed by atoms with Crippen molar-refractivity contribution in [3.63, 3.8) is 0 Å². The van der Waals surface area contributed by atoms with Crippen LogP contribution in [-0.4, -0.2) is 27.4 Å². The van der Waals surface area contributed by atoms with Crippen LogP contribution in [0, 0.1) is 0 Å². The standard InChI is InChI=1S/C18H20ClNO3/c1-21-17-9-12-7-8-20-15(13(12)10-18(17)22-2)11-23-16-6-4-3-5-14(16)19/h3-6,9-10,15,20H,7-8,11H2,1-2H3. The number of nitrogens with one attached hydrogen (secondary N) is 1. The molecule has 5 heteroatoms. The molecule has 1 aliphatic heterocycles. The van der Waals surface area contributed by atoms with Crippen LogP contribution in [0.15, 0.2) is 36.4 Å². The Morgan fingerprint density at radius 3 is 2.57 bits per heavy atom. The fourth-order valence-corrected chi connectivity index (χ4v) is 3.04. The van der Waals surface area contributed by atoms with E-state index in [-0.39, 0.29) is 6.04 Å². The average Bonchev–Trinajstić information content (AvgIpc) is 2.59. The third-order valence-corrected chi connectivity index (χ3v) is 4.36. The number of para-hydroxylation sites is 1. The molecule has 0 saturated carbocycles. The molecule has 0 aliphatic carbocycles. The summed E-state index contributed by atoms with van der Waals surface area (Å²) in [6, 6.07) is 11.7. The molecule has 4 nitrogen and oxygen atoms in total. The Bertz CT molecular complexity index is 690. The zero-order chi connectivity index (χ0) is 16.2. The van der Waals surface area contributed by atoms with E-state index in [2.05, 4.69) is 11.4 Å². The van der Waals surface area contributed by atoms with Crippen LogP contribution in [0.2, 0.25) is 5.02 Å². The van der Waals surface area contributed by atoms with E-state index in [1.807, 2.05) is 30.3 Å². The zero-order valence-electron chi connectivity index (χ0n) is 13.3. The number of hydrogen-bond donors (Lipinski definition) is 1. The van der Waals surface area contributed by atoms with Crippen LogP contribution in [0.25, 0.3) is 0 Å². The summed E-state index contributed by atoms with van der Waals surface area (Å²) < 4.78 is 16.7. The number of methoxy groups -OCH3 is 2. The van der Waals surface area contributed by atoms with Gasteiger partial charge in [-0.1, -0.05) is 23.7 Å². The lowest BCUT2D eigenvalue weighted by Crippen LogP contribution is -2.33. The Hall–Kier alpha value is -1.91. The molecule has 0 radical (unpaired) electrons. The van der Waals surface area contributed by atoms with Gasteiger partial charge in [-0.2, -0.15) is 0 Å². The number of benzene rings is 2. The molecule has 0 aromatic heterocycles. The van der Waals surface area contributed by atoms with Crippen molar-refractivity contribution in [2.75, 3.05) is 27.4 Å². The summed E-state index contributed by atoms with van der Waals surface area (Å²) in [5, 5.41) is 4.11. The molecule has 1 N–H and O–H groups in total. The van der Waals surface area contributed by atoms with E-state index in [9.17, 15) is 0 Å². The maximum atomic E-state index is 6.15. The summed E-state index contributed by atoms with van der Waals surface area (Å²) in [7, 11) is 3.30. The van der Waals surface area contributed by atoms with Crippen molar-refractivity contribution in [3.8, 4) is 17.2 Å². The van der Waals surface area contributed by atoms with Crippen molar-refractivity contribution in [2.45, 2.75) is 12.5 Å². The molecule has 2 aromatic rings. The molecule has 122 valence electrons. The Morgan fingerprint density at radius 2 is 1.83 bits per heavy atom. The third kappa shape index (κ3) is 3.38. The van der Waals surface area contributed by atoms with Gasteiger partial charge in [0.25, 0.3) is 0 Å². The van der Waals surface area contributed by atoms with Crippen molar-refractivity contribution < 1.29 is 14.2 Å². The molecule has 1 heterocycles. The van der Waals surface area contributed by atoms with E-state index in [1.54, 1.807) is 14.2 Å². The van der Waals surface area contributed by atoms with Gasteiger partial charge in [0.1, 0.15) is 12.4 Å². The molecule has 2 aromatic carbocycles. The Labute approximate surface area is 141 Å². The predicted molar refractivity (Wildman–Crippen MR) is 90.9 cm³/mol. The fourth-order valence-electron chi connectivity index (χ4n) is 2.85. The van der Waals surface area contributed by atoms with Crippen molar-refractivity contribution in [1.82, 2.24) is 5.32 Å². The second-order valence-electron chi connectivity index (χ2n) is 5.40. The van der Waals surface area contributed by atoms with Crippen LogP contribution in [0.4, 0.5) is 0 Å². The van der Waals surface area contributed by atoms with E-state index >= 15 is 0 Å². The minimum absolute atomic E-state index is 0.0924. The third-order valence-electron chi connectivity index (χ3n) is 4.05. The van der Waals surface area contributed by atoms with Crippen molar-refractivity contribution >= 4 is 11.6 Å². The van der Waals surface area contributed by atoms with Crippen molar-refractivity contribution in [2.24, 2.45) is 0 Å². The number of ether oxygens (including phenoxy) is 3. The largest absolute Gasteiger partial charge is 0.493 e. The van der Waals surface area contributed by atoms with Gasteiger partial charge in [0.05, 0.1) is 25.3 Å². The highest BCUT2D eigenvalue weighted by atomic mass is 35.5. The number of halogens is 1. The first-order valence-corrected chi connectivity index (χ1v) is 7.96. The fraction of sp³-hybridized carbons (Fsp3) is 0.333. The second-order valence-corrected chi connectivity index (χ2v) is 5.81. The molecular formula is C18H20ClNO3. The average molecular weight is 334 g/mol. The van der Waals surface area contributed by atoms with Crippen LogP contribution < -0.4 is 19.5 Å². The lowest BCUT2D eigenvalue weighted by Gasteiger charge is -2.28. The molecule has 0 bridgehead atoms. The van der Waals surface area contributed by atoms with E-state index in [4.69, 9.17) is 25.8 Å². The summed E-state index contributed by atoms with van der Waals surface area (Å²) in [6.45, 7) is 1.41. The van der Waals surface area contributed by atoms with Gasteiger partial charge in [0, 0.05) is 0 Å². The maximum absolute atomic E-state index is 6.15. The normalized spacial score (nSPS) is 16.6. The quantitative estimate of drug-likeness (QED) is 0.907. The van der Waals surface area contributed by atoms with E-state index in [1.165, 1.54) is 11.1 Å². The van der Waals surface area contributed by atoms with Gasteiger partial charge in [-0.25, -0.2) is 0 Å². The molecular weight excluding hydrogens is 314 g/mol. The van der Waals surface area contributed by atoms with Crippen molar-refractivity contribution in [3.05, 3.63) is 52.5 Å². The number of rotatable bonds is 5. The van der Waals surface area contributed by atoms with Crippen LogP contribution in [0.3, 0.4) is 0 Å². The predicted octanol–water partition coefficient (Wildman–Crippen LogP) is 3.62. The van der Waals surface area contributed by atoms with Gasteiger partial charge in [-0.05, 0) is 48.4 Å². The minimum Gasteiger partial charge on any atom is -0.493 e. The summed E-state index contributed by atoms with van der Waals surface area (Å²) in [4.78, 5) is 0. The zero-order valence-corrected chi connectivity index (χ0v) is 14.0. The molecule has 0 saturated heterocycles. The van der Waals surface area contributed by atoms with Gasteiger partial charge in [-0.3, -0.25) is 0 Å². The lowest BCUT2D eigenvalue weighted by molar-refractivity contribution is 0.260. The highest BCUT2D eigenvalue weighted by molar-refractivity contribution is 6.32. The molecule has 0 spiro atoms. The SMILES string of the molecule is COc1cc2c(cc1OC)C(COc1ccccc1Cl)NCC2. The molecule has 0 fully saturated rings. The highest BCUT2D eigenvalue weighted by Crippen LogP contribution is 2.35. The first kappa shape index (κ1) is 16.0. The van der Waals surface area contributed by atoms with Gasteiger partial charge in [0.2, 0.25) is 0 Å². The molecule has 23 heavy (non-hydrogen) atoms. The second kappa shape index (κ2) is 7.11. The Balaban J connectivity index is 1.82. The van der Waals surface area contributed by atoms with E-state index < -0.39 is 0 Å². The van der Waals surface area contributed by atoms with Gasteiger partial charge < -0.3 is 19.5 Å². The van der Waals surface area contributed by atoms with Crippen molar-refractivity contribution in [1.29, 1.82) is 0 Å². The summed E-state index contributed by atoms with van der Waals surface area (Å²) in [5.74, 6) is 2.19. The first-order chi connectivity index (χ1) is 11.2. The highest BCUT2D eigenvalue weighted by Gasteiger charge is 2.23. The topological polar surface area (TPSA) is 39.7 Å². The van der Waals surface area contributed by atoms with Crippen LogP contribution in [0.5, 0.6) is 17.2 Å². The van der Waals surface area contributed by atoms with Crippen LogP contribution in [-0.2, 0) is 6.42 Å². The molecule has 3 rings (SSSR count). The Kier molecular flexibility index (Phi) is 4.94. The molecule has 1 aliphatic rings. The number of hydrogen-bond acceptors (Lipinski definition) is 4. The van der Waals surface area contributed by atoms with Gasteiger partial charge >= 0.3 is 0 Å². The minimum atomic E-state index is 0.0924. The van der Waals surface area contributed by atoms with Gasteiger partial charge in [0.15, 0.2) is 11.5 Å². The Morgan fingerprint density at radius 1 is 1.09 bits per heavy atom. The summed E-state index contributed by atoms with van der Waals surface area (Å²) in [6.07, 6.45) is 0.957. The van der Waals surface area contributed by atoms with E-state index in [0.717, 1.165) is 24.5 Å².